The van der Waals surface area contributed by atoms with Crippen molar-refractivity contribution in [3.63, 3.8) is 0 Å². The largest absolute Gasteiger partial charge is 0.393 e. The molecular formula is C13H18N2O4. The number of benzene rings is 1. The Hall–Kier alpha value is -1.66. The van der Waals surface area contributed by atoms with Crippen LogP contribution in [0.4, 0.5) is 11.4 Å². The van der Waals surface area contributed by atoms with Gasteiger partial charge in [-0.25, -0.2) is 0 Å². The van der Waals surface area contributed by atoms with Gasteiger partial charge >= 0.3 is 0 Å². The average molecular weight is 266 g/mol. The van der Waals surface area contributed by atoms with Crippen LogP contribution in [-0.2, 0) is 16.1 Å². The summed E-state index contributed by atoms with van der Waals surface area (Å²) >= 11 is 0. The second-order valence-electron chi connectivity index (χ2n) is 4.72. The molecule has 0 aliphatic carbocycles. The smallest absolute Gasteiger partial charge is 0.292 e. The highest BCUT2D eigenvalue weighted by atomic mass is 16.6. The fraction of sp³-hybridized carbons (Fsp3) is 0.538. The van der Waals surface area contributed by atoms with E-state index in [1.165, 1.54) is 6.07 Å². The lowest BCUT2D eigenvalue weighted by Crippen LogP contribution is -2.20. The van der Waals surface area contributed by atoms with Gasteiger partial charge in [0.25, 0.3) is 5.69 Å². The van der Waals surface area contributed by atoms with Crippen LogP contribution in [0.2, 0.25) is 0 Å². The summed E-state index contributed by atoms with van der Waals surface area (Å²) < 4.78 is 10.9. The Morgan fingerprint density at radius 3 is 2.84 bits per heavy atom. The van der Waals surface area contributed by atoms with Gasteiger partial charge < -0.3 is 15.2 Å². The molecule has 0 amide bonds. The van der Waals surface area contributed by atoms with Gasteiger partial charge in [0.15, 0.2) is 0 Å². The zero-order chi connectivity index (χ0) is 13.7. The van der Waals surface area contributed by atoms with Crippen molar-refractivity contribution in [2.24, 2.45) is 5.92 Å². The van der Waals surface area contributed by atoms with E-state index in [0.29, 0.717) is 19.1 Å². The first-order valence-electron chi connectivity index (χ1n) is 6.35. The number of nitro groups is 1. The molecule has 1 aromatic carbocycles. The number of nitrogens with zero attached hydrogens (tertiary/aromatic N) is 1. The van der Waals surface area contributed by atoms with E-state index < -0.39 is 4.92 Å². The van der Waals surface area contributed by atoms with Gasteiger partial charge in [-0.2, -0.15) is 0 Å². The normalized spacial score (nSPS) is 16.4. The van der Waals surface area contributed by atoms with Crippen molar-refractivity contribution >= 4 is 11.4 Å². The van der Waals surface area contributed by atoms with E-state index in [0.717, 1.165) is 31.6 Å². The van der Waals surface area contributed by atoms with Gasteiger partial charge in [-0.15, -0.1) is 0 Å². The maximum absolute atomic E-state index is 10.8. The molecule has 1 aliphatic rings. The third kappa shape index (κ3) is 3.90. The molecule has 0 aromatic heterocycles. The van der Waals surface area contributed by atoms with Gasteiger partial charge in [-0.05, 0) is 30.4 Å². The molecule has 0 radical (unpaired) electrons. The molecule has 1 aliphatic heterocycles. The van der Waals surface area contributed by atoms with Crippen LogP contribution in [0.25, 0.3) is 0 Å². The molecule has 6 heteroatoms. The number of nitrogens with two attached hydrogens (primary N) is 1. The molecule has 2 N–H and O–H groups in total. The van der Waals surface area contributed by atoms with Gasteiger partial charge in [0.1, 0.15) is 5.69 Å². The third-order valence-electron chi connectivity index (χ3n) is 3.25. The van der Waals surface area contributed by atoms with Crippen LogP contribution in [0.3, 0.4) is 0 Å². The summed E-state index contributed by atoms with van der Waals surface area (Å²) in [5, 5.41) is 10.8. The first kappa shape index (κ1) is 13.8. The van der Waals surface area contributed by atoms with E-state index in [-0.39, 0.29) is 11.4 Å². The van der Waals surface area contributed by atoms with Crippen LogP contribution >= 0.6 is 0 Å². The highest BCUT2D eigenvalue weighted by Crippen LogP contribution is 2.23. The van der Waals surface area contributed by atoms with E-state index in [4.69, 9.17) is 15.2 Å². The van der Waals surface area contributed by atoms with Gasteiger partial charge in [0.2, 0.25) is 0 Å². The summed E-state index contributed by atoms with van der Waals surface area (Å²) in [5.41, 5.74) is 6.43. The molecule has 6 nitrogen and oxygen atoms in total. The summed E-state index contributed by atoms with van der Waals surface area (Å²) in [4.78, 5) is 10.3. The summed E-state index contributed by atoms with van der Waals surface area (Å²) in [6.45, 7) is 2.63. The lowest BCUT2D eigenvalue weighted by Gasteiger charge is -2.21. The lowest BCUT2D eigenvalue weighted by molar-refractivity contribution is -0.384. The summed E-state index contributed by atoms with van der Waals surface area (Å²) in [7, 11) is 0. The SMILES string of the molecule is Nc1ccc(COCC2CCOCC2)cc1[N+](=O)[O-]. The quantitative estimate of drug-likeness (QED) is 0.501. The Morgan fingerprint density at radius 1 is 1.42 bits per heavy atom. The molecule has 0 unspecified atom stereocenters. The molecule has 1 heterocycles. The Labute approximate surface area is 111 Å². The van der Waals surface area contributed by atoms with Gasteiger partial charge in [-0.3, -0.25) is 10.1 Å². The number of nitrogen functional groups attached to an aromatic ring is 1. The second-order valence-corrected chi connectivity index (χ2v) is 4.72. The van der Waals surface area contributed by atoms with Crippen molar-refractivity contribution in [3.05, 3.63) is 33.9 Å². The van der Waals surface area contributed by atoms with Gasteiger partial charge in [0.05, 0.1) is 18.1 Å². The number of hydrogen-bond donors (Lipinski definition) is 1. The number of anilines is 1. The zero-order valence-corrected chi connectivity index (χ0v) is 10.7. The predicted molar refractivity (Wildman–Crippen MR) is 70.7 cm³/mol. The molecule has 2 rings (SSSR count). The Bertz CT molecular complexity index is 444. The molecule has 1 saturated heterocycles. The monoisotopic (exact) mass is 266 g/mol. The highest BCUT2D eigenvalue weighted by Gasteiger charge is 2.15. The van der Waals surface area contributed by atoms with E-state index in [2.05, 4.69) is 0 Å². The first-order chi connectivity index (χ1) is 9.16. The number of nitro benzene ring substituents is 1. The lowest BCUT2D eigenvalue weighted by atomic mass is 10.0. The standard InChI is InChI=1S/C13H18N2O4/c14-12-2-1-11(7-13(12)15(16)17)9-19-8-10-3-5-18-6-4-10/h1-2,7,10H,3-6,8-9,14H2. The molecule has 0 atom stereocenters. The van der Waals surface area contributed by atoms with Crippen molar-refractivity contribution < 1.29 is 14.4 Å². The van der Waals surface area contributed by atoms with E-state index >= 15 is 0 Å². The molecule has 0 bridgehead atoms. The van der Waals surface area contributed by atoms with Crippen molar-refractivity contribution in [3.8, 4) is 0 Å². The van der Waals surface area contributed by atoms with Crippen molar-refractivity contribution in [1.29, 1.82) is 0 Å². The van der Waals surface area contributed by atoms with E-state index in [1.54, 1.807) is 12.1 Å². The second kappa shape index (κ2) is 6.49. The van der Waals surface area contributed by atoms with Crippen LogP contribution in [-0.4, -0.2) is 24.7 Å². The van der Waals surface area contributed by atoms with Crippen LogP contribution < -0.4 is 5.73 Å². The molecule has 1 fully saturated rings. The fourth-order valence-corrected chi connectivity index (χ4v) is 2.09. The third-order valence-corrected chi connectivity index (χ3v) is 3.25. The molecule has 1 aromatic rings. The molecule has 0 saturated carbocycles. The van der Waals surface area contributed by atoms with E-state index in [1.807, 2.05) is 0 Å². The number of rotatable bonds is 5. The average Bonchev–Trinajstić information content (AvgIpc) is 2.41. The minimum Gasteiger partial charge on any atom is -0.393 e. The van der Waals surface area contributed by atoms with Gasteiger partial charge in [0, 0.05) is 19.3 Å². The topological polar surface area (TPSA) is 87.6 Å². The minimum absolute atomic E-state index is 0.0628. The molecule has 104 valence electrons. The van der Waals surface area contributed by atoms with Crippen molar-refractivity contribution in [1.82, 2.24) is 0 Å². The van der Waals surface area contributed by atoms with Crippen LogP contribution in [0, 0.1) is 16.0 Å². The van der Waals surface area contributed by atoms with Crippen LogP contribution in [0.15, 0.2) is 18.2 Å². The maximum atomic E-state index is 10.8. The van der Waals surface area contributed by atoms with Gasteiger partial charge in [-0.1, -0.05) is 6.07 Å². The number of hydrogen-bond acceptors (Lipinski definition) is 5. The predicted octanol–water partition coefficient (Wildman–Crippen LogP) is 2.12. The Balaban J connectivity index is 1.85. The van der Waals surface area contributed by atoms with Crippen molar-refractivity contribution in [2.75, 3.05) is 25.6 Å². The molecular weight excluding hydrogens is 248 g/mol. The Kier molecular flexibility index (Phi) is 4.70. The minimum atomic E-state index is -0.475. The highest BCUT2D eigenvalue weighted by molar-refractivity contribution is 5.59. The number of ether oxygens (including phenoxy) is 2. The van der Waals surface area contributed by atoms with E-state index in [9.17, 15) is 10.1 Å². The zero-order valence-electron chi connectivity index (χ0n) is 10.7. The van der Waals surface area contributed by atoms with Crippen molar-refractivity contribution in [2.45, 2.75) is 19.4 Å². The summed E-state index contributed by atoms with van der Waals surface area (Å²) in [5.74, 6) is 0.525. The summed E-state index contributed by atoms with van der Waals surface area (Å²) in [6, 6.07) is 4.77. The van der Waals surface area contributed by atoms with Crippen LogP contribution in [0.5, 0.6) is 0 Å². The maximum Gasteiger partial charge on any atom is 0.292 e. The molecule has 0 spiro atoms. The van der Waals surface area contributed by atoms with Crippen LogP contribution in [0.1, 0.15) is 18.4 Å². The first-order valence-corrected chi connectivity index (χ1v) is 6.35. The fourth-order valence-electron chi connectivity index (χ4n) is 2.09. The molecule has 19 heavy (non-hydrogen) atoms. The summed E-state index contributed by atoms with van der Waals surface area (Å²) in [6.07, 6.45) is 2.03. The Morgan fingerprint density at radius 2 is 2.16 bits per heavy atom.